The minimum absolute atomic E-state index is 0.0288. The number of ether oxygens (including phenoxy) is 2. The highest BCUT2D eigenvalue weighted by molar-refractivity contribution is 6.32. The molecule has 7 heteroatoms. The van der Waals surface area contributed by atoms with Crippen LogP contribution in [0.25, 0.3) is 6.08 Å². The molecule has 2 aromatic rings. The molecule has 0 bridgehead atoms. The van der Waals surface area contributed by atoms with Gasteiger partial charge in [0.05, 0.1) is 11.6 Å². The molecular weight excluding hydrogens is 459 g/mol. The van der Waals surface area contributed by atoms with E-state index in [4.69, 9.17) is 32.7 Å². The van der Waals surface area contributed by atoms with Crippen molar-refractivity contribution in [3.8, 4) is 17.6 Å². The third kappa shape index (κ3) is 6.90. The van der Waals surface area contributed by atoms with Crippen LogP contribution >= 0.6 is 23.2 Å². The molecule has 2 atom stereocenters. The second kappa shape index (κ2) is 12.0. The number of amides is 1. The molecule has 1 aliphatic carbocycles. The van der Waals surface area contributed by atoms with Gasteiger partial charge in [0.25, 0.3) is 5.91 Å². The van der Waals surface area contributed by atoms with Crippen molar-refractivity contribution in [3.05, 3.63) is 63.1 Å². The first-order valence-corrected chi connectivity index (χ1v) is 11.9. The number of rotatable bonds is 8. The molecule has 0 radical (unpaired) electrons. The third-order valence-electron chi connectivity index (χ3n) is 5.73. The van der Waals surface area contributed by atoms with Crippen LogP contribution in [0.1, 0.15) is 50.7 Å². The topological polar surface area (TPSA) is 71.3 Å². The minimum atomic E-state index is -0.367. The van der Waals surface area contributed by atoms with E-state index >= 15 is 0 Å². The van der Waals surface area contributed by atoms with Crippen LogP contribution in [0.2, 0.25) is 10.0 Å². The van der Waals surface area contributed by atoms with Crippen molar-refractivity contribution in [2.75, 3.05) is 6.61 Å². The molecule has 0 heterocycles. The Labute approximate surface area is 205 Å². The molecular formula is C26H28Cl2N2O3. The molecule has 1 fully saturated rings. The number of nitrogens with zero attached hydrogens (tertiary/aromatic N) is 1. The summed E-state index contributed by atoms with van der Waals surface area (Å²) in [7, 11) is 0. The fourth-order valence-corrected chi connectivity index (χ4v) is 4.30. The van der Waals surface area contributed by atoms with Gasteiger partial charge in [-0.3, -0.25) is 4.79 Å². The molecule has 1 saturated carbocycles. The molecule has 1 aliphatic rings. The fourth-order valence-electron chi connectivity index (χ4n) is 3.90. The van der Waals surface area contributed by atoms with Crippen molar-refractivity contribution in [1.82, 2.24) is 5.32 Å². The van der Waals surface area contributed by atoms with Gasteiger partial charge in [0.2, 0.25) is 0 Å². The van der Waals surface area contributed by atoms with E-state index in [2.05, 4.69) is 12.2 Å². The first-order chi connectivity index (χ1) is 15.9. The standard InChI is InChI=1S/C26H28Cl2N2O3/c1-3-32-24-14-19(12-20(15-29)26(31)30-23-7-5-4-6-17(23)2)13-22(28)25(24)33-16-18-8-10-21(27)11-9-18/h8-14,17,23H,3-7,16H2,1-2H3,(H,30,31)/b20-12+/t17-,23+/m1/s1. The largest absolute Gasteiger partial charge is 0.490 e. The number of halogens is 2. The van der Waals surface area contributed by atoms with Gasteiger partial charge in [-0.25, -0.2) is 0 Å². The van der Waals surface area contributed by atoms with E-state index in [0.29, 0.717) is 39.6 Å². The second-order valence-corrected chi connectivity index (χ2v) is 9.03. The predicted octanol–water partition coefficient (Wildman–Crippen LogP) is 6.57. The zero-order chi connectivity index (χ0) is 23.8. The Balaban J connectivity index is 1.79. The molecule has 0 spiro atoms. The summed E-state index contributed by atoms with van der Waals surface area (Å²) in [6, 6.07) is 12.8. The lowest BCUT2D eigenvalue weighted by Crippen LogP contribution is -2.41. The first-order valence-electron chi connectivity index (χ1n) is 11.2. The molecule has 174 valence electrons. The molecule has 0 unspecified atom stereocenters. The van der Waals surface area contributed by atoms with Gasteiger partial charge in [-0.1, -0.05) is 55.1 Å². The average Bonchev–Trinajstić information content (AvgIpc) is 2.79. The van der Waals surface area contributed by atoms with Crippen molar-refractivity contribution >= 4 is 35.2 Å². The van der Waals surface area contributed by atoms with Gasteiger partial charge < -0.3 is 14.8 Å². The number of nitrogens with one attached hydrogen (secondary N) is 1. The molecule has 2 aromatic carbocycles. The molecule has 0 aromatic heterocycles. The fraction of sp³-hybridized carbons (Fsp3) is 0.385. The Morgan fingerprint density at radius 1 is 1.18 bits per heavy atom. The van der Waals surface area contributed by atoms with E-state index in [1.165, 1.54) is 12.5 Å². The van der Waals surface area contributed by atoms with Crippen LogP contribution in [0, 0.1) is 17.2 Å². The highest BCUT2D eigenvalue weighted by Crippen LogP contribution is 2.38. The smallest absolute Gasteiger partial charge is 0.262 e. The second-order valence-electron chi connectivity index (χ2n) is 8.19. The lowest BCUT2D eigenvalue weighted by atomic mass is 9.86. The molecule has 1 amide bonds. The van der Waals surface area contributed by atoms with Crippen LogP contribution < -0.4 is 14.8 Å². The van der Waals surface area contributed by atoms with Gasteiger partial charge in [0.1, 0.15) is 18.2 Å². The maximum Gasteiger partial charge on any atom is 0.262 e. The predicted molar refractivity (Wildman–Crippen MR) is 132 cm³/mol. The summed E-state index contributed by atoms with van der Waals surface area (Å²) in [5.41, 5.74) is 1.55. The van der Waals surface area contributed by atoms with Gasteiger partial charge in [-0.05, 0) is 67.2 Å². The summed E-state index contributed by atoms with van der Waals surface area (Å²) in [6.45, 7) is 4.69. The minimum Gasteiger partial charge on any atom is -0.490 e. The van der Waals surface area contributed by atoms with Crippen LogP contribution in [-0.4, -0.2) is 18.6 Å². The van der Waals surface area contributed by atoms with Crippen LogP contribution in [0.4, 0.5) is 0 Å². The molecule has 1 N–H and O–H groups in total. The van der Waals surface area contributed by atoms with Gasteiger partial charge in [-0.15, -0.1) is 0 Å². The zero-order valence-corrected chi connectivity index (χ0v) is 20.4. The quantitative estimate of drug-likeness (QED) is 0.338. The Morgan fingerprint density at radius 3 is 2.58 bits per heavy atom. The normalized spacial score (nSPS) is 18.3. The van der Waals surface area contributed by atoms with Crippen LogP contribution in [0.5, 0.6) is 11.5 Å². The highest BCUT2D eigenvalue weighted by Gasteiger charge is 2.24. The van der Waals surface area contributed by atoms with Crippen molar-refractivity contribution in [3.63, 3.8) is 0 Å². The molecule has 5 nitrogen and oxygen atoms in total. The number of hydrogen-bond acceptors (Lipinski definition) is 4. The summed E-state index contributed by atoms with van der Waals surface area (Å²) < 4.78 is 11.7. The summed E-state index contributed by atoms with van der Waals surface area (Å²) >= 11 is 12.4. The number of carbonyl (C=O) groups excluding carboxylic acids is 1. The molecule has 0 saturated heterocycles. The number of hydrogen-bond donors (Lipinski definition) is 1. The van der Waals surface area contributed by atoms with Gasteiger partial charge >= 0.3 is 0 Å². The van der Waals surface area contributed by atoms with Crippen molar-refractivity contribution < 1.29 is 14.3 Å². The van der Waals surface area contributed by atoms with E-state index in [0.717, 1.165) is 24.8 Å². The summed E-state index contributed by atoms with van der Waals surface area (Å²) in [6.07, 6.45) is 5.82. The van der Waals surface area contributed by atoms with Crippen LogP contribution in [-0.2, 0) is 11.4 Å². The van der Waals surface area contributed by atoms with E-state index in [1.54, 1.807) is 24.3 Å². The van der Waals surface area contributed by atoms with E-state index in [-0.39, 0.29) is 24.1 Å². The zero-order valence-electron chi connectivity index (χ0n) is 18.9. The highest BCUT2D eigenvalue weighted by atomic mass is 35.5. The Hall–Kier alpha value is -2.68. The number of carbonyl (C=O) groups is 1. The van der Waals surface area contributed by atoms with E-state index in [9.17, 15) is 10.1 Å². The van der Waals surface area contributed by atoms with Crippen molar-refractivity contribution in [2.45, 2.75) is 52.2 Å². The lowest BCUT2D eigenvalue weighted by Gasteiger charge is -2.29. The molecule has 3 rings (SSSR count). The summed E-state index contributed by atoms with van der Waals surface area (Å²) in [5, 5.41) is 13.6. The van der Waals surface area contributed by atoms with Crippen LogP contribution in [0.3, 0.4) is 0 Å². The summed E-state index contributed by atoms with van der Waals surface area (Å²) in [4.78, 5) is 12.7. The third-order valence-corrected chi connectivity index (χ3v) is 6.26. The SMILES string of the molecule is CCOc1cc(/C=C(\C#N)C(=O)N[C@H]2CCCC[C@H]2C)cc(Cl)c1OCc1ccc(Cl)cc1. The Morgan fingerprint density at radius 2 is 1.91 bits per heavy atom. The van der Waals surface area contributed by atoms with Gasteiger partial charge in [-0.2, -0.15) is 5.26 Å². The van der Waals surface area contributed by atoms with E-state index in [1.807, 2.05) is 25.1 Å². The van der Waals surface area contributed by atoms with Gasteiger partial charge in [0, 0.05) is 11.1 Å². The maximum atomic E-state index is 12.7. The van der Waals surface area contributed by atoms with Crippen molar-refractivity contribution in [2.24, 2.45) is 5.92 Å². The maximum absolute atomic E-state index is 12.7. The first kappa shape index (κ1) is 25.0. The average molecular weight is 487 g/mol. The summed E-state index contributed by atoms with van der Waals surface area (Å²) in [5.74, 6) is 0.889. The molecule has 0 aliphatic heterocycles. The Bertz CT molecular complexity index is 1040. The van der Waals surface area contributed by atoms with Crippen molar-refractivity contribution in [1.29, 1.82) is 5.26 Å². The monoisotopic (exact) mass is 486 g/mol. The van der Waals surface area contributed by atoms with E-state index < -0.39 is 0 Å². The van der Waals surface area contributed by atoms with Gasteiger partial charge in [0.15, 0.2) is 11.5 Å². The molecule has 33 heavy (non-hydrogen) atoms. The van der Waals surface area contributed by atoms with Crippen LogP contribution in [0.15, 0.2) is 42.0 Å². The number of nitriles is 1. The number of benzene rings is 2. The lowest BCUT2D eigenvalue weighted by molar-refractivity contribution is -0.118. The Kier molecular flexibility index (Phi) is 9.05.